The van der Waals surface area contributed by atoms with Crippen molar-refractivity contribution in [1.29, 1.82) is 0 Å². The van der Waals surface area contributed by atoms with Crippen molar-refractivity contribution in [2.24, 2.45) is 17.8 Å². The Morgan fingerprint density at radius 2 is 1.56 bits per heavy atom. The number of ether oxygens (including phenoxy) is 1. The first kappa shape index (κ1) is 21.8. The molecule has 5 heteroatoms. The van der Waals surface area contributed by atoms with E-state index < -0.39 is 5.60 Å². The lowest BCUT2D eigenvalue weighted by atomic mass is 9.50. The largest absolute Gasteiger partial charge is 0.660 e. The first-order valence-electron chi connectivity index (χ1n) is 10.7. The lowest BCUT2D eigenvalue weighted by Crippen LogP contribution is -2.64. The van der Waals surface area contributed by atoms with Gasteiger partial charge in [-0.3, -0.25) is 0 Å². The van der Waals surface area contributed by atoms with Gasteiger partial charge in [0.25, 0.3) is 0 Å². The zero-order valence-corrected chi connectivity index (χ0v) is 19.0. The highest BCUT2D eigenvalue weighted by molar-refractivity contribution is 6.21. The molecule has 0 amide bonds. The van der Waals surface area contributed by atoms with Gasteiger partial charge in [0, 0.05) is 5.60 Å². The summed E-state index contributed by atoms with van der Waals surface area (Å²) in [6.45, 7) is 10.8. The molecule has 3 rings (SSSR count). The Balaban J connectivity index is 2.00. The number of hydrogen-bond donors (Lipinski definition) is 1. The van der Waals surface area contributed by atoms with Gasteiger partial charge in [0.15, 0.2) is 0 Å². The molecule has 1 heterocycles. The van der Waals surface area contributed by atoms with Crippen LogP contribution in [0.5, 0.6) is 0 Å². The molecule has 0 aromatic heterocycles. The van der Waals surface area contributed by atoms with E-state index in [1.54, 1.807) is 0 Å². The third-order valence-electron chi connectivity index (χ3n) is 8.37. The summed E-state index contributed by atoms with van der Waals surface area (Å²) in [5.41, 5.74) is -1.36. The first-order valence-corrected chi connectivity index (χ1v) is 11.1. The first-order chi connectivity index (χ1) is 12.4. The molecule has 4 nitrogen and oxygen atoms in total. The Morgan fingerprint density at radius 1 is 0.926 bits per heavy atom. The van der Waals surface area contributed by atoms with Crippen LogP contribution in [-0.4, -0.2) is 53.0 Å². The van der Waals surface area contributed by atoms with E-state index in [-0.39, 0.29) is 34.1 Å². The number of alkyl halides is 1. The Morgan fingerprint density at radius 3 is 2.11 bits per heavy atom. The summed E-state index contributed by atoms with van der Waals surface area (Å²) in [7, 11) is 3.83. The number of rotatable bonds is 3. The van der Waals surface area contributed by atoms with E-state index in [0.717, 1.165) is 38.5 Å². The minimum atomic E-state index is -0.754. The second-order valence-electron chi connectivity index (χ2n) is 10.5. The van der Waals surface area contributed by atoms with E-state index in [0.29, 0.717) is 11.8 Å². The van der Waals surface area contributed by atoms with Crippen LogP contribution < -0.4 is 0 Å². The van der Waals surface area contributed by atoms with E-state index in [2.05, 4.69) is 27.7 Å². The zero-order valence-electron chi connectivity index (χ0n) is 18.3. The van der Waals surface area contributed by atoms with E-state index in [1.165, 1.54) is 0 Å². The molecule has 2 saturated carbocycles. The smallest absolute Gasteiger partial charge is 0.0796 e. The molecule has 2 aliphatic carbocycles. The average Bonchev–Trinajstić information content (AvgIpc) is 2.57. The van der Waals surface area contributed by atoms with Crippen molar-refractivity contribution >= 4 is 11.6 Å². The molecule has 1 N–H and O–H groups in total. The van der Waals surface area contributed by atoms with Crippen molar-refractivity contribution in [1.82, 2.24) is 0 Å². The van der Waals surface area contributed by atoms with Crippen molar-refractivity contribution in [3.63, 3.8) is 0 Å². The molecule has 27 heavy (non-hydrogen) atoms. The third-order valence-corrected chi connectivity index (χ3v) is 9.11. The molecule has 158 valence electrons. The van der Waals surface area contributed by atoms with E-state index in [1.807, 2.05) is 21.0 Å². The van der Waals surface area contributed by atoms with Crippen LogP contribution in [0.25, 0.3) is 10.6 Å². The second kappa shape index (κ2) is 7.12. The maximum Gasteiger partial charge on any atom is 0.0796 e. The minimum absolute atomic E-state index is 0.0316. The van der Waals surface area contributed by atoms with Crippen LogP contribution >= 0.6 is 11.6 Å². The van der Waals surface area contributed by atoms with Crippen molar-refractivity contribution in [2.45, 2.75) is 107 Å². The van der Waals surface area contributed by atoms with Gasteiger partial charge in [0.2, 0.25) is 0 Å². The standard InChI is InChI=1S/C22H39ClN2O2/c1-19(2)16(23)10-13-22(5,27-19)15-8-11-20(3,25-7)14-9-12-21(4,26)18(24-6)17(14)15/h14-18,26H,8-13H2,1-7H3/q-2/t14-,15-,16+,17-,18+,20-,21+,22+/m0/s1. The molecule has 0 spiro atoms. The SMILES string of the molecule is C[N-][C@@H]1[C@@H]2[C@@H]([C@@]3(C)CC[C@@H](Cl)C(C)(C)O3)CC[C@](C)([N-]C)[C@H]2CC[C@@]1(C)O. The molecule has 0 radical (unpaired) electrons. The fraction of sp³-hybridized carbons (Fsp3) is 1.00. The lowest BCUT2D eigenvalue weighted by Gasteiger charge is -2.68. The second-order valence-corrected chi connectivity index (χ2v) is 11.1. The highest BCUT2D eigenvalue weighted by atomic mass is 35.5. The van der Waals surface area contributed by atoms with Gasteiger partial charge >= 0.3 is 0 Å². The predicted molar refractivity (Wildman–Crippen MR) is 113 cm³/mol. The molecular formula is C22H39ClN2O2-2. The molecule has 0 unspecified atom stereocenters. The molecule has 3 aliphatic rings. The van der Waals surface area contributed by atoms with Crippen molar-refractivity contribution in [3.8, 4) is 0 Å². The van der Waals surface area contributed by atoms with Crippen LogP contribution in [0, 0.1) is 17.8 Å². The summed E-state index contributed by atoms with van der Waals surface area (Å²) in [5.74, 6) is 1.09. The summed E-state index contributed by atoms with van der Waals surface area (Å²) in [6.07, 6.45) is 5.89. The maximum atomic E-state index is 11.2. The van der Waals surface area contributed by atoms with Gasteiger partial charge in [-0.1, -0.05) is 19.3 Å². The maximum absolute atomic E-state index is 11.2. The Hall–Kier alpha value is 0.130. The predicted octanol–water partition coefficient (Wildman–Crippen LogP) is 5.26. The molecule has 0 aromatic rings. The van der Waals surface area contributed by atoms with Crippen LogP contribution in [0.3, 0.4) is 0 Å². The van der Waals surface area contributed by atoms with Gasteiger partial charge in [-0.05, 0) is 71.6 Å². The molecule has 0 bridgehead atoms. The number of nitrogens with zero attached hydrogens (tertiary/aromatic N) is 2. The Kier molecular flexibility index (Phi) is 5.76. The highest BCUT2D eigenvalue weighted by Gasteiger charge is 2.56. The normalized spacial score (nSPS) is 53.0. The quantitative estimate of drug-likeness (QED) is 0.659. The fourth-order valence-corrected chi connectivity index (χ4v) is 6.81. The molecule has 1 saturated heterocycles. The highest BCUT2D eigenvalue weighted by Crippen LogP contribution is 2.59. The lowest BCUT2D eigenvalue weighted by molar-refractivity contribution is -0.217. The van der Waals surface area contributed by atoms with Crippen LogP contribution in [0.1, 0.15) is 73.1 Å². The molecule has 3 fully saturated rings. The monoisotopic (exact) mass is 398 g/mol. The number of aliphatic hydroxyl groups is 1. The van der Waals surface area contributed by atoms with Crippen LogP contribution in [-0.2, 0) is 4.74 Å². The summed E-state index contributed by atoms with van der Waals surface area (Å²) in [5, 5.41) is 20.8. The topological polar surface area (TPSA) is 57.7 Å². The van der Waals surface area contributed by atoms with E-state index in [9.17, 15) is 5.11 Å². The summed E-state index contributed by atoms with van der Waals surface area (Å²) in [4.78, 5) is 0. The van der Waals surface area contributed by atoms with Crippen molar-refractivity contribution in [3.05, 3.63) is 10.6 Å². The summed E-state index contributed by atoms with van der Waals surface area (Å²) >= 11 is 6.58. The summed E-state index contributed by atoms with van der Waals surface area (Å²) in [6, 6.07) is -0.0695. The number of fused-ring (bicyclic) bond motifs is 1. The Bertz CT molecular complexity index is 554. The van der Waals surface area contributed by atoms with Crippen molar-refractivity contribution in [2.75, 3.05) is 14.1 Å². The summed E-state index contributed by atoms with van der Waals surface area (Å²) < 4.78 is 6.74. The minimum Gasteiger partial charge on any atom is -0.660 e. The van der Waals surface area contributed by atoms with Crippen LogP contribution in [0.2, 0.25) is 0 Å². The van der Waals surface area contributed by atoms with Gasteiger partial charge in [-0.2, -0.15) is 14.1 Å². The van der Waals surface area contributed by atoms with Gasteiger partial charge < -0.3 is 20.5 Å². The number of halogens is 1. The van der Waals surface area contributed by atoms with E-state index in [4.69, 9.17) is 27.0 Å². The third kappa shape index (κ3) is 3.59. The molecule has 1 aliphatic heterocycles. The average molecular weight is 399 g/mol. The van der Waals surface area contributed by atoms with Gasteiger partial charge in [0.05, 0.1) is 16.6 Å². The van der Waals surface area contributed by atoms with E-state index >= 15 is 0 Å². The fourth-order valence-electron chi connectivity index (χ4n) is 6.65. The van der Waals surface area contributed by atoms with Gasteiger partial charge in [-0.25, -0.2) is 0 Å². The van der Waals surface area contributed by atoms with Crippen LogP contribution in [0.4, 0.5) is 0 Å². The Labute approximate surface area is 171 Å². The van der Waals surface area contributed by atoms with Crippen LogP contribution in [0.15, 0.2) is 0 Å². The number of likely N-dealkylation sites (N-methyl/N-ethyl adjacent to an activating group) is 1. The molecule has 8 atom stereocenters. The number of hydrogen-bond acceptors (Lipinski definition) is 2. The van der Waals surface area contributed by atoms with Gasteiger partial charge in [-0.15, -0.1) is 23.2 Å². The van der Waals surface area contributed by atoms with Gasteiger partial charge in [0.1, 0.15) is 0 Å². The van der Waals surface area contributed by atoms with Crippen molar-refractivity contribution < 1.29 is 9.84 Å². The molecule has 0 aromatic carbocycles. The molecular weight excluding hydrogens is 360 g/mol. The zero-order chi connectivity index (χ0) is 20.3.